The minimum Gasteiger partial charge on any atom is -0.481 e. The van der Waals surface area contributed by atoms with Crippen molar-refractivity contribution in [3.8, 4) is 0 Å². The third-order valence-electron chi connectivity index (χ3n) is 5.40. The normalized spacial score (nSPS) is 19.2. The summed E-state index contributed by atoms with van der Waals surface area (Å²) < 4.78 is 27.5. The van der Waals surface area contributed by atoms with Gasteiger partial charge in [-0.2, -0.15) is 0 Å². The fourth-order valence-corrected chi connectivity index (χ4v) is 4.78. The summed E-state index contributed by atoms with van der Waals surface area (Å²) in [5.41, 5.74) is 1.48. The highest BCUT2D eigenvalue weighted by Gasteiger charge is 2.35. The van der Waals surface area contributed by atoms with Gasteiger partial charge in [-0.1, -0.05) is 43.2 Å². The Morgan fingerprint density at radius 2 is 1.57 bits per heavy atom. The summed E-state index contributed by atoms with van der Waals surface area (Å²) >= 11 is 0. The van der Waals surface area contributed by atoms with Crippen molar-refractivity contribution in [2.75, 3.05) is 11.9 Å². The number of anilines is 1. The third kappa shape index (κ3) is 5.67. The maximum Gasteiger partial charge on any atom is 0.307 e. The van der Waals surface area contributed by atoms with Crippen molar-refractivity contribution in [2.24, 2.45) is 11.8 Å². The lowest BCUT2D eigenvalue weighted by Crippen LogP contribution is -2.36. The van der Waals surface area contributed by atoms with E-state index < -0.39 is 27.8 Å². The molecule has 8 heteroatoms. The number of hydrogen-bond donors (Lipinski definition) is 3. The maximum atomic E-state index is 12.5. The van der Waals surface area contributed by atoms with Gasteiger partial charge in [-0.05, 0) is 49.1 Å². The highest BCUT2D eigenvalue weighted by atomic mass is 32.2. The number of carbonyl (C=O) groups excluding carboxylic acids is 1. The van der Waals surface area contributed by atoms with E-state index in [0.29, 0.717) is 24.9 Å². The molecule has 0 spiro atoms. The van der Waals surface area contributed by atoms with Crippen LogP contribution in [0.5, 0.6) is 0 Å². The number of sulfonamides is 1. The molecule has 30 heavy (non-hydrogen) atoms. The third-order valence-corrected chi connectivity index (χ3v) is 6.88. The molecule has 2 unspecified atom stereocenters. The van der Waals surface area contributed by atoms with E-state index in [2.05, 4.69) is 10.0 Å². The fraction of sp³-hybridized carbons (Fsp3) is 0.364. The van der Waals surface area contributed by atoms with E-state index in [9.17, 15) is 23.1 Å². The number of carbonyl (C=O) groups is 2. The molecule has 0 heterocycles. The summed E-state index contributed by atoms with van der Waals surface area (Å²) in [6.45, 7) is 0.281. The number of amides is 1. The Morgan fingerprint density at radius 1 is 0.933 bits per heavy atom. The second-order valence-electron chi connectivity index (χ2n) is 7.48. The number of aliphatic carboxylic acids is 1. The number of hydrogen-bond acceptors (Lipinski definition) is 4. The summed E-state index contributed by atoms with van der Waals surface area (Å²) in [4.78, 5) is 24.0. The van der Waals surface area contributed by atoms with Crippen LogP contribution in [0.4, 0.5) is 5.69 Å². The van der Waals surface area contributed by atoms with Crippen molar-refractivity contribution in [1.82, 2.24) is 4.72 Å². The number of benzene rings is 2. The monoisotopic (exact) mass is 430 g/mol. The van der Waals surface area contributed by atoms with Crippen molar-refractivity contribution < 1.29 is 23.1 Å². The smallest absolute Gasteiger partial charge is 0.307 e. The fourth-order valence-electron chi connectivity index (χ4n) is 3.75. The SMILES string of the molecule is O=C(O)C1CCCCC1C(=O)Nc1ccc(S(=O)(=O)NCCc2ccccc2)cc1. The molecule has 0 aliphatic heterocycles. The van der Waals surface area contributed by atoms with Crippen molar-refractivity contribution >= 4 is 27.6 Å². The Balaban J connectivity index is 1.58. The van der Waals surface area contributed by atoms with Crippen LogP contribution in [0.15, 0.2) is 59.5 Å². The van der Waals surface area contributed by atoms with Gasteiger partial charge in [0, 0.05) is 12.2 Å². The first-order valence-corrected chi connectivity index (χ1v) is 11.5. The van der Waals surface area contributed by atoms with Crippen LogP contribution in [0.25, 0.3) is 0 Å². The predicted octanol–water partition coefficient (Wildman–Crippen LogP) is 3.04. The van der Waals surface area contributed by atoms with Crippen LogP contribution in [0.1, 0.15) is 31.2 Å². The lowest BCUT2D eigenvalue weighted by Gasteiger charge is -2.27. The minimum atomic E-state index is -3.66. The van der Waals surface area contributed by atoms with Crippen LogP contribution in [0, 0.1) is 11.8 Å². The van der Waals surface area contributed by atoms with E-state index in [1.54, 1.807) is 0 Å². The van der Waals surface area contributed by atoms with E-state index >= 15 is 0 Å². The number of rotatable bonds is 8. The van der Waals surface area contributed by atoms with E-state index in [4.69, 9.17) is 0 Å². The van der Waals surface area contributed by atoms with E-state index in [1.807, 2.05) is 30.3 Å². The average Bonchev–Trinajstić information content (AvgIpc) is 2.74. The molecule has 0 bridgehead atoms. The Hall–Kier alpha value is -2.71. The van der Waals surface area contributed by atoms with Gasteiger partial charge >= 0.3 is 5.97 Å². The zero-order valence-electron chi connectivity index (χ0n) is 16.6. The van der Waals surface area contributed by atoms with Gasteiger partial charge in [-0.25, -0.2) is 13.1 Å². The Labute approximate surface area is 176 Å². The molecule has 2 aromatic rings. The number of carboxylic acids is 1. The van der Waals surface area contributed by atoms with Crippen molar-refractivity contribution in [3.05, 3.63) is 60.2 Å². The first-order valence-electron chi connectivity index (χ1n) is 10.0. The van der Waals surface area contributed by atoms with Gasteiger partial charge in [0.15, 0.2) is 0 Å². The molecule has 2 atom stereocenters. The lowest BCUT2D eigenvalue weighted by atomic mass is 9.78. The van der Waals surface area contributed by atoms with Crippen LogP contribution < -0.4 is 10.0 Å². The highest BCUT2D eigenvalue weighted by molar-refractivity contribution is 7.89. The summed E-state index contributed by atoms with van der Waals surface area (Å²) in [6, 6.07) is 15.5. The highest BCUT2D eigenvalue weighted by Crippen LogP contribution is 2.31. The molecule has 0 aromatic heterocycles. The molecule has 1 fully saturated rings. The lowest BCUT2D eigenvalue weighted by molar-refractivity contribution is -0.147. The maximum absolute atomic E-state index is 12.5. The topological polar surface area (TPSA) is 113 Å². The molecule has 160 valence electrons. The van der Waals surface area contributed by atoms with Gasteiger partial charge in [-0.3, -0.25) is 9.59 Å². The molecule has 0 radical (unpaired) electrons. The molecule has 7 nitrogen and oxygen atoms in total. The quantitative estimate of drug-likeness (QED) is 0.596. The van der Waals surface area contributed by atoms with E-state index in [1.165, 1.54) is 24.3 Å². The first-order chi connectivity index (χ1) is 14.4. The molecule has 3 rings (SSSR count). The van der Waals surface area contributed by atoms with Gasteiger partial charge in [0.05, 0.1) is 16.7 Å². The van der Waals surface area contributed by atoms with Gasteiger partial charge in [-0.15, -0.1) is 0 Å². The first kappa shape index (κ1) is 22.0. The van der Waals surface area contributed by atoms with Crippen molar-refractivity contribution in [2.45, 2.75) is 37.0 Å². The Bertz CT molecular complexity index is 974. The summed E-state index contributed by atoms with van der Waals surface area (Å²) in [6.07, 6.45) is 3.26. The van der Waals surface area contributed by atoms with Crippen LogP contribution in [-0.4, -0.2) is 31.9 Å². The molecule has 1 amide bonds. The second-order valence-corrected chi connectivity index (χ2v) is 9.25. The van der Waals surface area contributed by atoms with Crippen LogP contribution in [0.2, 0.25) is 0 Å². The molecule has 1 aliphatic rings. The standard InChI is InChI=1S/C22H26N2O5S/c25-21(19-8-4-5-9-20(19)22(26)27)24-17-10-12-18(13-11-17)30(28,29)23-15-14-16-6-2-1-3-7-16/h1-3,6-7,10-13,19-20,23H,4-5,8-9,14-15H2,(H,24,25)(H,26,27). The van der Waals surface area contributed by atoms with E-state index in [-0.39, 0.29) is 17.3 Å². The summed E-state index contributed by atoms with van der Waals surface area (Å²) in [7, 11) is -3.66. The zero-order chi connectivity index (χ0) is 21.6. The predicted molar refractivity (Wildman–Crippen MR) is 113 cm³/mol. The average molecular weight is 431 g/mol. The Kier molecular flexibility index (Phi) is 7.23. The summed E-state index contributed by atoms with van der Waals surface area (Å²) in [5, 5.41) is 12.1. The Morgan fingerprint density at radius 3 is 2.20 bits per heavy atom. The largest absolute Gasteiger partial charge is 0.481 e. The molecule has 2 aromatic carbocycles. The molecule has 3 N–H and O–H groups in total. The molecule has 0 saturated heterocycles. The van der Waals surface area contributed by atoms with Gasteiger partial charge in [0.25, 0.3) is 0 Å². The number of nitrogens with one attached hydrogen (secondary N) is 2. The second kappa shape index (κ2) is 9.86. The van der Waals surface area contributed by atoms with Gasteiger partial charge < -0.3 is 10.4 Å². The molecule has 1 saturated carbocycles. The molecular formula is C22H26N2O5S. The van der Waals surface area contributed by atoms with Crippen molar-refractivity contribution in [3.63, 3.8) is 0 Å². The summed E-state index contributed by atoms with van der Waals surface area (Å²) in [5.74, 6) is -2.52. The zero-order valence-corrected chi connectivity index (χ0v) is 17.4. The number of carboxylic acid groups (broad SMARTS) is 1. The van der Waals surface area contributed by atoms with Crippen LogP contribution >= 0.6 is 0 Å². The van der Waals surface area contributed by atoms with Crippen LogP contribution in [-0.2, 0) is 26.0 Å². The van der Waals surface area contributed by atoms with E-state index in [0.717, 1.165) is 18.4 Å². The van der Waals surface area contributed by atoms with Gasteiger partial charge in [0.1, 0.15) is 0 Å². The van der Waals surface area contributed by atoms with Crippen molar-refractivity contribution in [1.29, 1.82) is 0 Å². The minimum absolute atomic E-state index is 0.106. The van der Waals surface area contributed by atoms with Gasteiger partial charge in [0.2, 0.25) is 15.9 Å². The molecule has 1 aliphatic carbocycles. The molecular weight excluding hydrogens is 404 g/mol. The van der Waals surface area contributed by atoms with Crippen LogP contribution in [0.3, 0.4) is 0 Å².